The highest BCUT2D eigenvalue weighted by atomic mass is 32.2. The number of benzene rings is 1. The lowest BCUT2D eigenvalue weighted by atomic mass is 9.75. The van der Waals surface area contributed by atoms with Gasteiger partial charge < -0.3 is 14.4 Å². The smallest absolute Gasteiger partial charge is 0.117 e. The summed E-state index contributed by atoms with van der Waals surface area (Å²) in [5.74, 6) is 2.46. The largest absolute Gasteiger partial charge is 0.377 e. The van der Waals surface area contributed by atoms with Crippen LogP contribution in [-0.4, -0.2) is 45.9 Å². The zero-order valence-corrected chi connectivity index (χ0v) is 18.2. The zero-order valence-electron chi connectivity index (χ0n) is 16.6. The summed E-state index contributed by atoms with van der Waals surface area (Å²) in [6.45, 7) is 3.57. The molecule has 0 radical (unpaired) electrons. The third-order valence-corrected chi connectivity index (χ3v) is 9.33. The quantitative estimate of drug-likeness (QED) is 0.476. The van der Waals surface area contributed by atoms with Crippen LogP contribution in [0.4, 0.5) is 0 Å². The van der Waals surface area contributed by atoms with E-state index >= 15 is 0 Å². The number of thioether (sulfide) groups is 1. The average Bonchev–Trinajstić information content (AvgIpc) is 3.37. The van der Waals surface area contributed by atoms with Crippen LogP contribution in [0.3, 0.4) is 0 Å². The number of rotatable bonds is 6. The first kappa shape index (κ1) is 19.3. The van der Waals surface area contributed by atoms with Crippen molar-refractivity contribution >= 4 is 29.0 Å². The molecular formula is C23H31NO2S2. The van der Waals surface area contributed by atoms with Gasteiger partial charge in [-0.1, -0.05) is 49.0 Å². The molecule has 3 nitrogen and oxygen atoms in total. The van der Waals surface area contributed by atoms with Crippen LogP contribution in [0.1, 0.15) is 50.5 Å². The Morgan fingerprint density at radius 1 is 1.25 bits per heavy atom. The van der Waals surface area contributed by atoms with Gasteiger partial charge in [0.2, 0.25) is 0 Å². The molecule has 1 aromatic rings. The van der Waals surface area contributed by atoms with Crippen molar-refractivity contribution in [1.29, 1.82) is 0 Å². The number of thiocarbonyl (C=S) groups is 1. The molecule has 4 aliphatic rings. The molecule has 3 aliphatic heterocycles. The maximum Gasteiger partial charge on any atom is 0.117 e. The van der Waals surface area contributed by atoms with Crippen LogP contribution in [0, 0.1) is 11.8 Å². The average molecular weight is 418 g/mol. The molecule has 4 atom stereocenters. The van der Waals surface area contributed by atoms with Crippen molar-refractivity contribution in [3.8, 4) is 0 Å². The van der Waals surface area contributed by atoms with Gasteiger partial charge in [0, 0.05) is 43.2 Å². The van der Waals surface area contributed by atoms with Crippen LogP contribution in [0.25, 0.3) is 0 Å². The SMILES string of the molecule is S=C1[C@H](CCCOCc2ccccc2)[C@@H]2CCC[C@@]23C[C@@]2(CCN13)OCCS2. The normalized spacial score (nSPS) is 36.9. The summed E-state index contributed by atoms with van der Waals surface area (Å²) in [5.41, 5.74) is 1.55. The fraction of sp³-hybridized carbons (Fsp3) is 0.696. The molecule has 0 unspecified atom stereocenters. The van der Waals surface area contributed by atoms with Crippen molar-refractivity contribution in [3.05, 3.63) is 35.9 Å². The topological polar surface area (TPSA) is 21.7 Å². The predicted molar refractivity (Wildman–Crippen MR) is 119 cm³/mol. The maximum absolute atomic E-state index is 6.29. The van der Waals surface area contributed by atoms with E-state index in [0.717, 1.165) is 44.3 Å². The molecule has 1 saturated carbocycles. The van der Waals surface area contributed by atoms with E-state index < -0.39 is 0 Å². The lowest BCUT2D eigenvalue weighted by Gasteiger charge is -2.50. The highest BCUT2D eigenvalue weighted by molar-refractivity contribution is 8.00. The molecule has 0 bridgehead atoms. The number of hydrogen-bond acceptors (Lipinski definition) is 4. The van der Waals surface area contributed by atoms with Gasteiger partial charge in [-0.15, -0.1) is 11.8 Å². The lowest BCUT2D eigenvalue weighted by molar-refractivity contribution is -0.0427. The Bertz CT molecular complexity index is 706. The van der Waals surface area contributed by atoms with E-state index in [1.165, 1.54) is 42.7 Å². The fourth-order valence-corrected chi connectivity index (χ4v) is 8.16. The van der Waals surface area contributed by atoms with Crippen molar-refractivity contribution in [2.75, 3.05) is 25.5 Å². The van der Waals surface area contributed by atoms with Gasteiger partial charge in [0.15, 0.2) is 0 Å². The van der Waals surface area contributed by atoms with E-state index in [-0.39, 0.29) is 4.93 Å². The van der Waals surface area contributed by atoms with Gasteiger partial charge >= 0.3 is 0 Å². The van der Waals surface area contributed by atoms with Crippen molar-refractivity contribution in [2.45, 2.75) is 62.0 Å². The maximum atomic E-state index is 6.29. The van der Waals surface area contributed by atoms with Crippen LogP contribution in [0.5, 0.6) is 0 Å². The zero-order chi connectivity index (χ0) is 19.0. The standard InChI is InChI=1S/C23H31NO2S2/c27-21-19(8-5-13-25-16-18-6-2-1-3-7-18)20-9-4-10-22(20)17-23(11-12-24(21)22)26-14-15-28-23/h1-3,6-7,19-20H,4-5,8-17H2/t19-,20+,22-,23+/m1/s1. The molecule has 0 amide bonds. The Kier molecular flexibility index (Phi) is 5.46. The highest BCUT2D eigenvalue weighted by Gasteiger charge is 2.63. The predicted octanol–water partition coefficient (Wildman–Crippen LogP) is 5.04. The van der Waals surface area contributed by atoms with Gasteiger partial charge in [-0.3, -0.25) is 0 Å². The fourth-order valence-electron chi connectivity index (χ4n) is 6.31. The molecule has 0 N–H and O–H groups in total. The minimum absolute atomic E-state index is 0.0857. The van der Waals surface area contributed by atoms with E-state index in [4.69, 9.17) is 21.7 Å². The summed E-state index contributed by atoms with van der Waals surface area (Å²) >= 11 is 8.11. The van der Waals surface area contributed by atoms with Crippen molar-refractivity contribution < 1.29 is 9.47 Å². The first-order valence-electron chi connectivity index (χ1n) is 10.9. The number of piperidine rings is 1. The van der Waals surface area contributed by atoms with Gasteiger partial charge in [0.25, 0.3) is 0 Å². The summed E-state index contributed by atoms with van der Waals surface area (Å²) in [5, 5.41) is 0. The second-order valence-electron chi connectivity index (χ2n) is 8.91. The summed E-state index contributed by atoms with van der Waals surface area (Å²) in [6.07, 6.45) is 8.62. The second kappa shape index (κ2) is 7.90. The Labute approximate surface area is 178 Å². The summed E-state index contributed by atoms with van der Waals surface area (Å²) < 4.78 is 12.2. The number of nitrogens with zero attached hydrogens (tertiary/aromatic N) is 1. The molecule has 1 aliphatic carbocycles. The van der Waals surface area contributed by atoms with E-state index in [2.05, 4.69) is 47.0 Å². The van der Waals surface area contributed by atoms with Crippen LogP contribution >= 0.6 is 24.0 Å². The summed E-state index contributed by atoms with van der Waals surface area (Å²) in [4.78, 5) is 4.00. The van der Waals surface area contributed by atoms with Crippen LogP contribution in [-0.2, 0) is 16.1 Å². The van der Waals surface area contributed by atoms with Crippen LogP contribution < -0.4 is 0 Å². The summed E-state index contributed by atoms with van der Waals surface area (Å²) in [6, 6.07) is 10.5. The highest BCUT2D eigenvalue weighted by Crippen LogP contribution is 2.60. The van der Waals surface area contributed by atoms with Crippen LogP contribution in [0.2, 0.25) is 0 Å². The molecular weight excluding hydrogens is 386 g/mol. The molecule has 5 heteroatoms. The molecule has 5 rings (SSSR count). The molecule has 1 aromatic carbocycles. The minimum atomic E-state index is 0.0857. The Morgan fingerprint density at radius 2 is 2.14 bits per heavy atom. The Balaban J connectivity index is 1.20. The second-order valence-corrected chi connectivity index (χ2v) is 10.8. The van der Waals surface area contributed by atoms with Gasteiger partial charge in [-0.2, -0.15) is 0 Å². The Hall–Kier alpha value is -0.620. The third kappa shape index (κ3) is 3.32. The van der Waals surface area contributed by atoms with Crippen molar-refractivity contribution in [1.82, 2.24) is 4.90 Å². The number of hydrogen-bond donors (Lipinski definition) is 0. The van der Waals surface area contributed by atoms with Gasteiger partial charge in [-0.05, 0) is 37.2 Å². The van der Waals surface area contributed by atoms with Crippen molar-refractivity contribution in [2.24, 2.45) is 11.8 Å². The number of ether oxygens (including phenoxy) is 2. The molecule has 3 heterocycles. The lowest BCUT2D eigenvalue weighted by Crippen LogP contribution is -2.56. The van der Waals surface area contributed by atoms with Crippen molar-refractivity contribution in [3.63, 3.8) is 0 Å². The van der Waals surface area contributed by atoms with Gasteiger partial charge in [0.1, 0.15) is 4.93 Å². The van der Waals surface area contributed by atoms with E-state index in [9.17, 15) is 0 Å². The van der Waals surface area contributed by atoms with E-state index in [1.54, 1.807) is 0 Å². The first-order chi connectivity index (χ1) is 13.7. The molecule has 4 fully saturated rings. The first-order valence-corrected chi connectivity index (χ1v) is 12.3. The Morgan fingerprint density at radius 3 is 2.96 bits per heavy atom. The van der Waals surface area contributed by atoms with E-state index in [1.807, 2.05) is 0 Å². The van der Waals surface area contributed by atoms with Gasteiger partial charge in [0.05, 0.1) is 18.2 Å². The molecule has 152 valence electrons. The molecule has 0 aromatic heterocycles. The monoisotopic (exact) mass is 417 g/mol. The summed E-state index contributed by atoms with van der Waals surface area (Å²) in [7, 11) is 0. The minimum Gasteiger partial charge on any atom is -0.377 e. The van der Waals surface area contributed by atoms with E-state index in [0.29, 0.717) is 18.1 Å². The van der Waals surface area contributed by atoms with Gasteiger partial charge in [-0.25, -0.2) is 0 Å². The molecule has 28 heavy (non-hydrogen) atoms. The van der Waals surface area contributed by atoms with Crippen LogP contribution in [0.15, 0.2) is 30.3 Å². The molecule has 2 spiro atoms. The third-order valence-electron chi connectivity index (χ3n) is 7.44. The molecule has 3 saturated heterocycles.